The number of benzene rings is 1. The number of nitrogens with one attached hydrogen (secondary N) is 1. The molecule has 1 aromatic carbocycles. The van der Waals surface area contributed by atoms with E-state index < -0.39 is 0 Å². The van der Waals surface area contributed by atoms with Crippen LogP contribution in [0.5, 0.6) is 5.75 Å². The van der Waals surface area contributed by atoms with E-state index in [0.717, 1.165) is 47.8 Å². The molecule has 2 N–H and O–H groups in total. The number of carbonyl (C=O) groups excluding carboxylic acids is 1. The van der Waals surface area contributed by atoms with Crippen LogP contribution in [0.1, 0.15) is 25.3 Å². The lowest BCUT2D eigenvalue weighted by Gasteiger charge is -2.45. The number of methoxy groups -OCH3 is 1. The molecule has 6 nitrogen and oxygen atoms in total. The van der Waals surface area contributed by atoms with E-state index in [1.54, 1.807) is 12.1 Å². The molecular weight excluding hydrogens is 344 g/mol. The number of carbonyl (C=O) groups is 1. The highest BCUT2D eigenvalue weighted by Gasteiger charge is 2.41. The maximum absolute atomic E-state index is 12.3. The van der Waals surface area contributed by atoms with Crippen LogP contribution in [0, 0.1) is 11.8 Å². The summed E-state index contributed by atoms with van der Waals surface area (Å²) in [6.07, 6.45) is 6.54. The standard InChI is InChI=1S/C21H26N2O4/c1-3-13-12-27-20-9-16(13)18(21(25)26-2)11-23(20)7-6-14-10-22-19-5-4-15(24)8-17(14)19/h4-5,8,10-11,13,16,20,22,24H,3,6-7,9,12H2,1-2H3/t13-,16+,20+/m0/s1. The van der Waals surface area contributed by atoms with Gasteiger partial charge >= 0.3 is 5.97 Å². The first-order valence-corrected chi connectivity index (χ1v) is 9.57. The van der Waals surface area contributed by atoms with Crippen LogP contribution in [-0.4, -0.2) is 47.4 Å². The summed E-state index contributed by atoms with van der Waals surface area (Å²) in [4.78, 5) is 17.7. The Morgan fingerprint density at radius 3 is 3.07 bits per heavy atom. The minimum Gasteiger partial charge on any atom is -0.508 e. The molecule has 0 unspecified atom stereocenters. The van der Waals surface area contributed by atoms with Crippen molar-refractivity contribution < 1.29 is 19.4 Å². The first kappa shape index (κ1) is 17.9. The number of hydrogen-bond donors (Lipinski definition) is 2. The van der Waals surface area contributed by atoms with E-state index in [1.165, 1.54) is 7.11 Å². The van der Waals surface area contributed by atoms with Gasteiger partial charge in [0.1, 0.15) is 12.0 Å². The Kier molecular flexibility index (Phi) is 4.83. The Morgan fingerprint density at radius 2 is 2.30 bits per heavy atom. The van der Waals surface area contributed by atoms with E-state index in [4.69, 9.17) is 9.47 Å². The van der Waals surface area contributed by atoms with Crippen LogP contribution in [0.15, 0.2) is 36.2 Å². The van der Waals surface area contributed by atoms with Crippen molar-refractivity contribution in [2.24, 2.45) is 11.8 Å². The summed E-state index contributed by atoms with van der Waals surface area (Å²) in [6.45, 7) is 3.55. The molecule has 2 bridgehead atoms. The van der Waals surface area contributed by atoms with Gasteiger partial charge in [0.15, 0.2) is 0 Å². The van der Waals surface area contributed by atoms with Gasteiger partial charge in [0.05, 0.1) is 19.3 Å². The second-order valence-electron chi connectivity index (χ2n) is 7.41. The molecular formula is C21H26N2O4. The SMILES string of the molecule is CC[C@H]1CO[C@@H]2C[C@H]1C(C(=O)OC)=CN2CCc1c[nH]c2ccc(O)cc12. The minimum atomic E-state index is -0.235. The zero-order chi connectivity index (χ0) is 19.0. The number of hydrogen-bond acceptors (Lipinski definition) is 5. The lowest BCUT2D eigenvalue weighted by atomic mass is 9.78. The van der Waals surface area contributed by atoms with Crippen molar-refractivity contribution in [1.82, 2.24) is 9.88 Å². The third-order valence-corrected chi connectivity index (χ3v) is 5.94. The average molecular weight is 370 g/mol. The van der Waals surface area contributed by atoms with Crippen molar-refractivity contribution >= 4 is 16.9 Å². The minimum absolute atomic E-state index is 0.00446. The average Bonchev–Trinajstić information content (AvgIpc) is 3.09. The summed E-state index contributed by atoms with van der Waals surface area (Å²) in [5.74, 6) is 0.604. The predicted octanol–water partition coefficient (Wildman–Crippen LogP) is 3.18. The lowest BCUT2D eigenvalue weighted by molar-refractivity contribution is -0.143. The van der Waals surface area contributed by atoms with Gasteiger partial charge < -0.3 is 24.5 Å². The third-order valence-electron chi connectivity index (χ3n) is 5.94. The lowest BCUT2D eigenvalue weighted by Crippen LogP contribution is -2.48. The molecule has 27 heavy (non-hydrogen) atoms. The number of phenols is 1. The van der Waals surface area contributed by atoms with E-state index in [1.807, 2.05) is 18.5 Å². The molecule has 1 fully saturated rings. The maximum atomic E-state index is 12.3. The Balaban J connectivity index is 1.56. The van der Waals surface area contributed by atoms with Gasteiger partial charge in [0.2, 0.25) is 0 Å². The smallest absolute Gasteiger partial charge is 0.335 e. The van der Waals surface area contributed by atoms with E-state index in [2.05, 4.69) is 16.8 Å². The van der Waals surface area contributed by atoms with Crippen LogP contribution >= 0.6 is 0 Å². The molecule has 2 aliphatic rings. The normalized spacial score (nSPS) is 24.7. The fraction of sp³-hybridized carbons (Fsp3) is 0.476. The molecule has 3 atom stereocenters. The summed E-state index contributed by atoms with van der Waals surface area (Å²) in [7, 11) is 1.44. The fourth-order valence-corrected chi connectivity index (χ4v) is 4.35. The molecule has 1 aromatic heterocycles. The summed E-state index contributed by atoms with van der Waals surface area (Å²) >= 11 is 0. The van der Waals surface area contributed by atoms with Crippen LogP contribution in [0.4, 0.5) is 0 Å². The van der Waals surface area contributed by atoms with Crippen LogP contribution in [0.2, 0.25) is 0 Å². The molecule has 6 heteroatoms. The highest BCUT2D eigenvalue weighted by atomic mass is 16.5. The maximum Gasteiger partial charge on any atom is 0.335 e. The Morgan fingerprint density at radius 1 is 1.44 bits per heavy atom. The van der Waals surface area contributed by atoms with Gasteiger partial charge in [-0.2, -0.15) is 0 Å². The van der Waals surface area contributed by atoms with Gasteiger partial charge in [-0.3, -0.25) is 0 Å². The molecule has 3 heterocycles. The monoisotopic (exact) mass is 370 g/mol. The quantitative estimate of drug-likeness (QED) is 0.791. The van der Waals surface area contributed by atoms with Crippen molar-refractivity contribution in [3.8, 4) is 5.75 Å². The van der Waals surface area contributed by atoms with Crippen LogP contribution in [0.3, 0.4) is 0 Å². The Hall–Kier alpha value is -2.47. The number of aromatic nitrogens is 1. The molecule has 0 radical (unpaired) electrons. The summed E-state index contributed by atoms with van der Waals surface area (Å²) in [5, 5.41) is 10.8. The topological polar surface area (TPSA) is 74.8 Å². The van der Waals surface area contributed by atoms with Gasteiger partial charge in [-0.15, -0.1) is 0 Å². The number of aromatic amines is 1. The van der Waals surface area contributed by atoms with E-state index in [0.29, 0.717) is 12.5 Å². The number of ether oxygens (including phenoxy) is 2. The van der Waals surface area contributed by atoms with Crippen LogP contribution < -0.4 is 0 Å². The van der Waals surface area contributed by atoms with Crippen molar-refractivity contribution in [2.45, 2.75) is 32.4 Å². The molecule has 0 saturated carbocycles. The van der Waals surface area contributed by atoms with Crippen molar-refractivity contribution in [2.75, 3.05) is 20.3 Å². The molecule has 1 saturated heterocycles. The van der Waals surface area contributed by atoms with Gasteiger partial charge in [-0.05, 0) is 42.5 Å². The van der Waals surface area contributed by atoms with E-state index in [9.17, 15) is 9.90 Å². The largest absolute Gasteiger partial charge is 0.508 e. The van der Waals surface area contributed by atoms with Gasteiger partial charge in [-0.1, -0.05) is 13.3 Å². The molecule has 0 amide bonds. The zero-order valence-electron chi connectivity index (χ0n) is 15.8. The fourth-order valence-electron chi connectivity index (χ4n) is 4.35. The number of nitrogens with zero attached hydrogens (tertiary/aromatic N) is 1. The molecule has 0 aliphatic carbocycles. The number of fused-ring (bicyclic) bond motifs is 3. The van der Waals surface area contributed by atoms with Gasteiger partial charge in [0, 0.05) is 35.8 Å². The summed E-state index contributed by atoms with van der Waals surface area (Å²) in [5.41, 5.74) is 2.91. The zero-order valence-corrected chi connectivity index (χ0v) is 15.8. The highest BCUT2D eigenvalue weighted by Crippen LogP contribution is 2.39. The Labute approximate surface area is 158 Å². The molecule has 4 rings (SSSR count). The Bertz CT molecular complexity index is 872. The number of H-pyrrole nitrogens is 1. The predicted molar refractivity (Wildman–Crippen MR) is 102 cm³/mol. The molecule has 0 spiro atoms. The van der Waals surface area contributed by atoms with E-state index >= 15 is 0 Å². The first-order chi connectivity index (χ1) is 13.1. The molecule has 2 aliphatic heterocycles. The molecule has 144 valence electrons. The second kappa shape index (κ2) is 7.27. The van der Waals surface area contributed by atoms with E-state index in [-0.39, 0.29) is 23.9 Å². The number of esters is 1. The third kappa shape index (κ3) is 3.30. The summed E-state index contributed by atoms with van der Waals surface area (Å²) < 4.78 is 11.1. The summed E-state index contributed by atoms with van der Waals surface area (Å²) in [6, 6.07) is 5.34. The molecule has 2 aromatic rings. The van der Waals surface area contributed by atoms with Gasteiger partial charge in [0.25, 0.3) is 0 Å². The van der Waals surface area contributed by atoms with Crippen molar-refractivity contribution in [3.63, 3.8) is 0 Å². The van der Waals surface area contributed by atoms with Crippen molar-refractivity contribution in [3.05, 3.63) is 41.7 Å². The van der Waals surface area contributed by atoms with Crippen LogP contribution in [0.25, 0.3) is 10.9 Å². The number of phenolic OH excluding ortho intramolecular Hbond substituents is 1. The van der Waals surface area contributed by atoms with Crippen molar-refractivity contribution in [1.29, 1.82) is 0 Å². The van der Waals surface area contributed by atoms with Gasteiger partial charge in [-0.25, -0.2) is 4.79 Å². The number of rotatable bonds is 5. The highest BCUT2D eigenvalue weighted by molar-refractivity contribution is 5.89. The van der Waals surface area contributed by atoms with Crippen LogP contribution in [-0.2, 0) is 20.7 Å². The number of aromatic hydroxyl groups is 1. The second-order valence-corrected chi connectivity index (χ2v) is 7.41. The first-order valence-electron chi connectivity index (χ1n) is 9.57.